The molecule has 22 heavy (non-hydrogen) atoms. The lowest BCUT2D eigenvalue weighted by Gasteiger charge is -2.32. The van der Waals surface area contributed by atoms with Crippen LogP contribution in [-0.2, 0) is 17.6 Å². The molecule has 3 rings (SSSR count). The van der Waals surface area contributed by atoms with E-state index in [9.17, 15) is 4.79 Å². The number of amides is 1. The van der Waals surface area contributed by atoms with Crippen LogP contribution in [0.25, 0.3) is 0 Å². The summed E-state index contributed by atoms with van der Waals surface area (Å²) < 4.78 is 0. The minimum Gasteiger partial charge on any atom is -0.342 e. The molecule has 0 aromatic carbocycles. The highest BCUT2D eigenvalue weighted by Crippen LogP contribution is 2.21. The number of pyridine rings is 1. The zero-order chi connectivity index (χ0) is 15.4. The second-order valence-electron chi connectivity index (χ2n) is 5.95. The summed E-state index contributed by atoms with van der Waals surface area (Å²) in [6.07, 6.45) is 7.45. The predicted molar refractivity (Wildman–Crippen MR) is 87.8 cm³/mol. The molecule has 0 radical (unpaired) electrons. The number of hydrogen-bond acceptors (Lipinski definition) is 4. The summed E-state index contributed by atoms with van der Waals surface area (Å²) >= 11 is 1.61. The van der Waals surface area contributed by atoms with E-state index in [-0.39, 0.29) is 5.91 Å². The number of hydrogen-bond donors (Lipinski definition) is 0. The van der Waals surface area contributed by atoms with Gasteiger partial charge in [-0.1, -0.05) is 6.07 Å². The Morgan fingerprint density at radius 2 is 2.41 bits per heavy atom. The Labute approximate surface area is 135 Å². The fourth-order valence-corrected chi connectivity index (χ4v) is 3.68. The molecule has 1 amide bonds. The maximum absolute atomic E-state index is 12.5. The zero-order valence-electron chi connectivity index (χ0n) is 12.9. The van der Waals surface area contributed by atoms with Crippen molar-refractivity contribution in [2.45, 2.75) is 32.6 Å². The van der Waals surface area contributed by atoms with Gasteiger partial charge in [-0.15, -0.1) is 11.3 Å². The molecular formula is C17H21N3OS. The molecule has 1 fully saturated rings. The molecule has 0 unspecified atom stereocenters. The van der Waals surface area contributed by atoms with Gasteiger partial charge in [0.2, 0.25) is 5.91 Å². The Balaban J connectivity index is 1.57. The molecule has 1 aliphatic rings. The van der Waals surface area contributed by atoms with E-state index in [1.54, 1.807) is 17.5 Å². The van der Waals surface area contributed by atoms with E-state index < -0.39 is 0 Å². The number of carbonyl (C=O) groups excluding carboxylic acids is 1. The van der Waals surface area contributed by atoms with E-state index >= 15 is 0 Å². The molecule has 0 spiro atoms. The SMILES string of the molecule is Cc1nc(CC(=O)N2CCC[C@@H](Cc3cccnc3)C2)cs1. The number of rotatable bonds is 4. The van der Waals surface area contributed by atoms with Crippen molar-refractivity contribution in [3.63, 3.8) is 0 Å². The molecule has 3 heterocycles. The largest absolute Gasteiger partial charge is 0.342 e. The first-order chi connectivity index (χ1) is 10.7. The van der Waals surface area contributed by atoms with Gasteiger partial charge in [-0.2, -0.15) is 0 Å². The summed E-state index contributed by atoms with van der Waals surface area (Å²) in [6.45, 7) is 3.71. The Morgan fingerprint density at radius 3 is 3.14 bits per heavy atom. The number of aromatic nitrogens is 2. The minimum absolute atomic E-state index is 0.209. The average molecular weight is 315 g/mol. The van der Waals surface area contributed by atoms with E-state index in [0.29, 0.717) is 12.3 Å². The van der Waals surface area contributed by atoms with Gasteiger partial charge in [0.15, 0.2) is 0 Å². The molecule has 5 heteroatoms. The summed E-state index contributed by atoms with van der Waals surface area (Å²) in [5.41, 5.74) is 2.17. The first kappa shape index (κ1) is 15.2. The standard InChI is InChI=1S/C17H21N3OS/c1-13-19-16(12-22-13)9-17(21)20-7-3-5-15(11-20)8-14-4-2-6-18-10-14/h2,4,6,10,12,15H,3,5,7-9,11H2,1H3/t15-/m0/s1. The van der Waals surface area contributed by atoms with Crippen molar-refractivity contribution in [3.8, 4) is 0 Å². The summed E-state index contributed by atoms with van der Waals surface area (Å²) in [5.74, 6) is 0.750. The lowest BCUT2D eigenvalue weighted by molar-refractivity contribution is -0.132. The van der Waals surface area contributed by atoms with E-state index in [1.165, 1.54) is 12.0 Å². The summed E-state index contributed by atoms with van der Waals surface area (Å²) in [4.78, 5) is 23.0. The Kier molecular flexibility index (Phi) is 4.83. The lowest BCUT2D eigenvalue weighted by atomic mass is 9.91. The van der Waals surface area contributed by atoms with Crippen LogP contribution in [0, 0.1) is 12.8 Å². The highest BCUT2D eigenvalue weighted by atomic mass is 32.1. The van der Waals surface area contributed by atoms with Crippen LogP contribution in [-0.4, -0.2) is 33.9 Å². The van der Waals surface area contributed by atoms with Crippen molar-refractivity contribution in [1.82, 2.24) is 14.9 Å². The molecule has 1 atom stereocenters. The third-order valence-electron chi connectivity index (χ3n) is 4.12. The van der Waals surface area contributed by atoms with Crippen LogP contribution in [0.3, 0.4) is 0 Å². The Hall–Kier alpha value is -1.75. The number of carbonyl (C=O) groups is 1. The molecule has 0 bridgehead atoms. The van der Waals surface area contributed by atoms with Gasteiger partial charge >= 0.3 is 0 Å². The van der Waals surface area contributed by atoms with Gasteiger partial charge in [-0.05, 0) is 43.7 Å². The number of nitrogens with zero attached hydrogens (tertiary/aromatic N) is 3. The van der Waals surface area contributed by atoms with Gasteiger partial charge in [0.05, 0.1) is 17.1 Å². The van der Waals surface area contributed by atoms with Crippen LogP contribution in [0.15, 0.2) is 29.9 Å². The van der Waals surface area contributed by atoms with Gasteiger partial charge < -0.3 is 4.90 Å². The second kappa shape index (κ2) is 7.01. The van der Waals surface area contributed by atoms with E-state index in [2.05, 4.69) is 16.0 Å². The molecule has 0 aliphatic carbocycles. The topological polar surface area (TPSA) is 46.1 Å². The molecule has 2 aromatic heterocycles. The van der Waals surface area contributed by atoms with Crippen LogP contribution in [0.4, 0.5) is 0 Å². The Morgan fingerprint density at radius 1 is 1.50 bits per heavy atom. The number of likely N-dealkylation sites (tertiary alicyclic amines) is 1. The smallest absolute Gasteiger partial charge is 0.228 e. The Bertz CT molecular complexity index is 626. The molecule has 4 nitrogen and oxygen atoms in total. The van der Waals surface area contributed by atoms with Crippen LogP contribution in [0.5, 0.6) is 0 Å². The fraction of sp³-hybridized carbons (Fsp3) is 0.471. The normalized spacial score (nSPS) is 18.4. The number of thiazole rings is 1. The molecule has 0 N–H and O–H groups in total. The van der Waals surface area contributed by atoms with E-state index in [1.807, 2.05) is 29.5 Å². The van der Waals surface area contributed by atoms with E-state index in [4.69, 9.17) is 0 Å². The van der Waals surface area contributed by atoms with Gasteiger partial charge in [0.1, 0.15) is 0 Å². The van der Waals surface area contributed by atoms with E-state index in [0.717, 1.165) is 36.6 Å². The maximum Gasteiger partial charge on any atom is 0.228 e. The first-order valence-electron chi connectivity index (χ1n) is 7.78. The van der Waals surface area contributed by atoms with Gasteiger partial charge in [0.25, 0.3) is 0 Å². The highest BCUT2D eigenvalue weighted by molar-refractivity contribution is 7.09. The molecule has 1 aliphatic heterocycles. The number of aryl methyl sites for hydroxylation is 1. The first-order valence-corrected chi connectivity index (χ1v) is 8.66. The number of piperidine rings is 1. The molecule has 0 saturated carbocycles. The predicted octanol–water partition coefficient (Wildman–Crippen LogP) is 2.87. The summed E-state index contributed by atoms with van der Waals surface area (Å²) in [7, 11) is 0. The van der Waals surface area contributed by atoms with Crippen molar-refractivity contribution in [3.05, 3.63) is 46.2 Å². The molecular weight excluding hydrogens is 294 g/mol. The highest BCUT2D eigenvalue weighted by Gasteiger charge is 2.24. The van der Waals surface area contributed by atoms with Crippen LogP contribution < -0.4 is 0 Å². The van der Waals surface area contributed by atoms with Crippen molar-refractivity contribution < 1.29 is 4.79 Å². The van der Waals surface area contributed by atoms with Crippen LogP contribution in [0.1, 0.15) is 29.1 Å². The maximum atomic E-state index is 12.5. The molecule has 2 aromatic rings. The molecule has 116 valence electrons. The van der Waals surface area contributed by atoms with Gasteiger partial charge in [0, 0.05) is 30.9 Å². The third kappa shape index (κ3) is 3.91. The van der Waals surface area contributed by atoms with Crippen LogP contribution in [0.2, 0.25) is 0 Å². The van der Waals surface area contributed by atoms with Crippen molar-refractivity contribution >= 4 is 17.2 Å². The van der Waals surface area contributed by atoms with Crippen molar-refractivity contribution in [2.24, 2.45) is 5.92 Å². The fourth-order valence-electron chi connectivity index (χ4n) is 3.07. The van der Waals surface area contributed by atoms with Crippen LogP contribution >= 0.6 is 11.3 Å². The monoisotopic (exact) mass is 315 g/mol. The molecule has 1 saturated heterocycles. The summed E-state index contributed by atoms with van der Waals surface area (Å²) in [6, 6.07) is 4.09. The lowest BCUT2D eigenvalue weighted by Crippen LogP contribution is -2.41. The van der Waals surface area contributed by atoms with Gasteiger partial charge in [-0.25, -0.2) is 4.98 Å². The third-order valence-corrected chi connectivity index (χ3v) is 4.94. The summed E-state index contributed by atoms with van der Waals surface area (Å²) in [5, 5.41) is 3.01. The second-order valence-corrected chi connectivity index (χ2v) is 7.01. The zero-order valence-corrected chi connectivity index (χ0v) is 13.7. The van der Waals surface area contributed by atoms with Crippen molar-refractivity contribution in [1.29, 1.82) is 0 Å². The quantitative estimate of drug-likeness (QED) is 0.871. The van der Waals surface area contributed by atoms with Crippen molar-refractivity contribution in [2.75, 3.05) is 13.1 Å². The minimum atomic E-state index is 0.209. The van der Waals surface area contributed by atoms with Gasteiger partial charge in [-0.3, -0.25) is 9.78 Å². The average Bonchev–Trinajstić information content (AvgIpc) is 2.93.